The Morgan fingerprint density at radius 3 is 2.47 bits per heavy atom. The Balaban J connectivity index is 0.00000101. The van der Waals surface area contributed by atoms with Crippen LogP contribution in [0.5, 0.6) is 0 Å². The number of anilines is 1. The number of carboxylic acid groups (broad SMARTS) is 1. The fraction of sp³-hybridized carbons (Fsp3) is 0.333. The summed E-state index contributed by atoms with van der Waals surface area (Å²) in [6, 6.07) is 9.10. The number of ether oxygens (including phenoxy) is 1. The average molecular weight is 414 g/mol. The van der Waals surface area contributed by atoms with Gasteiger partial charge in [-0.3, -0.25) is 14.6 Å². The van der Waals surface area contributed by atoms with E-state index in [1.165, 1.54) is 0 Å². The molecule has 9 nitrogen and oxygen atoms in total. The van der Waals surface area contributed by atoms with Crippen molar-refractivity contribution >= 4 is 24.2 Å². The van der Waals surface area contributed by atoms with E-state index in [2.05, 4.69) is 10.3 Å². The molecule has 0 spiro atoms. The zero-order valence-electron chi connectivity index (χ0n) is 16.8. The van der Waals surface area contributed by atoms with Crippen molar-refractivity contribution in [3.05, 3.63) is 48.3 Å². The van der Waals surface area contributed by atoms with Gasteiger partial charge in [-0.2, -0.15) is 0 Å². The largest absolute Gasteiger partial charge is 0.483 e. The first kappa shape index (κ1) is 22.7. The highest BCUT2D eigenvalue weighted by molar-refractivity contribution is 5.95. The van der Waals surface area contributed by atoms with E-state index >= 15 is 0 Å². The number of benzene rings is 1. The zero-order valence-corrected chi connectivity index (χ0v) is 16.8. The molecule has 4 N–H and O–H groups in total. The van der Waals surface area contributed by atoms with Crippen LogP contribution in [-0.4, -0.2) is 59.2 Å². The predicted molar refractivity (Wildman–Crippen MR) is 112 cm³/mol. The van der Waals surface area contributed by atoms with Crippen molar-refractivity contribution in [1.82, 2.24) is 15.2 Å². The summed E-state index contributed by atoms with van der Waals surface area (Å²) in [5, 5.41) is 9.93. The summed E-state index contributed by atoms with van der Waals surface area (Å²) in [6.07, 6.45) is 4.51. The predicted octanol–water partition coefficient (Wildman–Crippen LogP) is 2.38. The Kier molecular flexibility index (Phi) is 8.61. The normalized spacial score (nSPS) is 13.6. The van der Waals surface area contributed by atoms with Gasteiger partial charge in [0.05, 0.1) is 6.61 Å². The van der Waals surface area contributed by atoms with Gasteiger partial charge in [0.1, 0.15) is 0 Å². The Morgan fingerprint density at radius 2 is 1.90 bits per heavy atom. The van der Waals surface area contributed by atoms with Crippen LogP contribution >= 0.6 is 0 Å². The van der Waals surface area contributed by atoms with Crippen molar-refractivity contribution in [3.63, 3.8) is 0 Å². The lowest BCUT2D eigenvalue weighted by molar-refractivity contribution is -0.122. The number of carbonyl (C=O) groups excluding carboxylic acids is 2. The zero-order chi connectivity index (χ0) is 21.9. The quantitative estimate of drug-likeness (QED) is 0.654. The van der Waals surface area contributed by atoms with Gasteiger partial charge in [0.25, 0.3) is 12.4 Å². The monoisotopic (exact) mass is 414 g/mol. The van der Waals surface area contributed by atoms with Gasteiger partial charge < -0.3 is 25.8 Å². The van der Waals surface area contributed by atoms with Gasteiger partial charge in [0, 0.05) is 48.3 Å². The van der Waals surface area contributed by atoms with Crippen molar-refractivity contribution in [2.24, 2.45) is 0 Å². The topological polar surface area (TPSA) is 135 Å². The van der Waals surface area contributed by atoms with Crippen LogP contribution in [0.4, 0.5) is 10.5 Å². The molecule has 1 aliphatic heterocycles. The van der Waals surface area contributed by atoms with Crippen LogP contribution in [0.15, 0.2) is 42.7 Å². The maximum Gasteiger partial charge on any atom is 0.409 e. The smallest absolute Gasteiger partial charge is 0.409 e. The number of nitrogen functional groups attached to an aromatic ring is 1. The van der Waals surface area contributed by atoms with Gasteiger partial charge in [-0.05, 0) is 43.5 Å². The van der Waals surface area contributed by atoms with E-state index in [9.17, 15) is 9.59 Å². The van der Waals surface area contributed by atoms with Crippen LogP contribution in [0.2, 0.25) is 0 Å². The number of hydrogen-bond acceptors (Lipinski definition) is 6. The van der Waals surface area contributed by atoms with Crippen molar-refractivity contribution in [1.29, 1.82) is 0 Å². The second-order valence-corrected chi connectivity index (χ2v) is 6.58. The van der Waals surface area contributed by atoms with E-state index in [4.69, 9.17) is 20.4 Å². The summed E-state index contributed by atoms with van der Waals surface area (Å²) in [5.41, 5.74) is 8.97. The lowest BCUT2D eigenvalue weighted by Gasteiger charge is -2.31. The highest BCUT2D eigenvalue weighted by atomic mass is 16.6. The highest BCUT2D eigenvalue weighted by Gasteiger charge is 2.24. The molecule has 3 rings (SSSR count). The molecule has 1 saturated heterocycles. The second-order valence-electron chi connectivity index (χ2n) is 6.58. The van der Waals surface area contributed by atoms with Crippen LogP contribution in [-0.2, 0) is 9.53 Å². The fourth-order valence-electron chi connectivity index (χ4n) is 3.14. The molecular formula is C21H26N4O5. The van der Waals surface area contributed by atoms with Crippen LogP contribution < -0.4 is 11.1 Å². The Bertz CT molecular complexity index is 849. The third kappa shape index (κ3) is 6.20. The molecule has 0 bridgehead atoms. The van der Waals surface area contributed by atoms with Crippen LogP contribution in [0.3, 0.4) is 0 Å². The van der Waals surface area contributed by atoms with E-state index in [0.29, 0.717) is 30.9 Å². The number of aromatic nitrogens is 1. The second kappa shape index (κ2) is 11.4. The Labute approximate surface area is 174 Å². The maximum absolute atomic E-state index is 12.5. The molecule has 2 amide bonds. The van der Waals surface area contributed by atoms with E-state index < -0.39 is 0 Å². The lowest BCUT2D eigenvalue weighted by atomic mass is 10.0. The first-order chi connectivity index (χ1) is 14.5. The molecule has 0 unspecified atom stereocenters. The van der Waals surface area contributed by atoms with Crippen molar-refractivity contribution < 1.29 is 24.2 Å². The average Bonchev–Trinajstić information content (AvgIpc) is 2.75. The summed E-state index contributed by atoms with van der Waals surface area (Å²) in [7, 11) is 0. The van der Waals surface area contributed by atoms with Gasteiger partial charge in [-0.1, -0.05) is 12.1 Å². The van der Waals surface area contributed by atoms with Crippen LogP contribution in [0.25, 0.3) is 11.1 Å². The molecule has 1 aliphatic rings. The molecular weight excluding hydrogens is 388 g/mol. The summed E-state index contributed by atoms with van der Waals surface area (Å²) < 4.78 is 5.01. The number of hydrogen-bond donors (Lipinski definition) is 3. The minimum absolute atomic E-state index is 0.0526. The van der Waals surface area contributed by atoms with Crippen LogP contribution in [0.1, 0.15) is 30.1 Å². The lowest BCUT2D eigenvalue weighted by Crippen LogP contribution is -2.46. The number of nitrogens with zero attached hydrogens (tertiary/aromatic N) is 2. The van der Waals surface area contributed by atoms with Crippen molar-refractivity contribution in [3.8, 4) is 11.1 Å². The van der Waals surface area contributed by atoms with Crippen LogP contribution in [0, 0.1) is 0 Å². The molecule has 0 aliphatic carbocycles. The number of nitrogens with two attached hydrogens (primary N) is 1. The molecule has 9 heteroatoms. The molecule has 0 saturated carbocycles. The first-order valence-electron chi connectivity index (χ1n) is 9.60. The number of piperidine rings is 1. The first-order valence-corrected chi connectivity index (χ1v) is 9.60. The van der Waals surface area contributed by atoms with Crippen molar-refractivity contribution in [2.45, 2.75) is 25.8 Å². The Hall–Kier alpha value is -3.62. The molecule has 2 aromatic rings. The van der Waals surface area contributed by atoms with E-state index in [0.717, 1.165) is 24.0 Å². The SMILES string of the molecule is CCOC(=O)N1CCC(NC(=O)c2ccc(-c3cnccc3N)cc2)CC1.O=CO. The maximum atomic E-state index is 12.5. The summed E-state index contributed by atoms with van der Waals surface area (Å²) in [5.74, 6) is -0.115. The standard InChI is InChI=1S/C20H24N4O3.CH2O2/c1-2-27-20(26)24-11-8-16(9-12-24)23-19(25)15-5-3-14(4-6-15)17-13-22-10-7-18(17)21;2-1-3/h3-7,10,13,16H,2,8-9,11-12H2,1H3,(H2,21,22)(H,23,25);1H,(H,2,3). The third-order valence-electron chi connectivity index (χ3n) is 4.67. The molecule has 2 heterocycles. The molecule has 1 aromatic heterocycles. The van der Waals surface area contributed by atoms with E-state index in [-0.39, 0.29) is 24.5 Å². The van der Waals surface area contributed by atoms with E-state index in [1.54, 1.807) is 42.4 Å². The molecule has 1 fully saturated rings. The number of nitrogens with one attached hydrogen (secondary N) is 1. The van der Waals surface area contributed by atoms with Crippen molar-refractivity contribution in [2.75, 3.05) is 25.4 Å². The summed E-state index contributed by atoms with van der Waals surface area (Å²) >= 11 is 0. The molecule has 160 valence electrons. The molecule has 1 aromatic carbocycles. The van der Waals surface area contributed by atoms with E-state index in [1.807, 2.05) is 12.1 Å². The highest BCUT2D eigenvalue weighted by Crippen LogP contribution is 2.24. The fourth-order valence-corrected chi connectivity index (χ4v) is 3.14. The summed E-state index contributed by atoms with van der Waals surface area (Å²) in [4.78, 5) is 38.3. The number of carbonyl (C=O) groups is 3. The molecule has 30 heavy (non-hydrogen) atoms. The number of amides is 2. The minimum Gasteiger partial charge on any atom is -0.483 e. The Morgan fingerprint density at radius 1 is 1.27 bits per heavy atom. The number of likely N-dealkylation sites (tertiary alicyclic amines) is 1. The van der Waals surface area contributed by atoms with Gasteiger partial charge in [0.15, 0.2) is 0 Å². The van der Waals surface area contributed by atoms with Gasteiger partial charge in [-0.15, -0.1) is 0 Å². The van der Waals surface area contributed by atoms with Gasteiger partial charge >= 0.3 is 6.09 Å². The molecule has 0 atom stereocenters. The third-order valence-corrected chi connectivity index (χ3v) is 4.67. The number of pyridine rings is 1. The summed E-state index contributed by atoms with van der Waals surface area (Å²) in [6.45, 7) is 3.08. The van der Waals surface area contributed by atoms with Gasteiger partial charge in [-0.25, -0.2) is 4.79 Å². The van der Waals surface area contributed by atoms with Gasteiger partial charge in [0.2, 0.25) is 0 Å². The minimum atomic E-state index is -0.285. The molecule has 0 radical (unpaired) electrons. The number of rotatable bonds is 4.